The number of nitrogens with one attached hydrogen (secondary N) is 3. The van der Waals surface area contributed by atoms with Gasteiger partial charge in [-0.3, -0.25) is 24.0 Å². The van der Waals surface area contributed by atoms with Crippen LogP contribution in [-0.4, -0.2) is 89.4 Å². The zero-order valence-corrected chi connectivity index (χ0v) is 23.9. The van der Waals surface area contributed by atoms with E-state index in [-0.39, 0.29) is 36.3 Å². The summed E-state index contributed by atoms with van der Waals surface area (Å²) >= 11 is 0. The number of fused-ring (bicyclic) bond motifs is 1. The van der Waals surface area contributed by atoms with Crippen LogP contribution in [0.2, 0.25) is 0 Å². The van der Waals surface area contributed by atoms with Crippen LogP contribution in [0.25, 0.3) is 0 Å². The van der Waals surface area contributed by atoms with Crippen molar-refractivity contribution in [3.8, 4) is 0 Å². The van der Waals surface area contributed by atoms with E-state index in [1.165, 1.54) is 4.90 Å². The molecule has 6 atom stereocenters. The molecule has 3 fully saturated rings. The number of nitrogens with zero attached hydrogens (tertiary/aromatic N) is 1. The van der Waals surface area contributed by atoms with E-state index in [9.17, 15) is 29.1 Å². The molecule has 0 aromatic carbocycles. The summed E-state index contributed by atoms with van der Waals surface area (Å²) in [6.45, 7) is 10.2. The molecule has 2 heterocycles. The Hall–Kier alpha value is -2.53. The molecule has 0 aromatic rings. The lowest BCUT2D eigenvalue weighted by molar-refractivity contribution is -0.146. The normalized spacial score (nSPS) is 25.3. The van der Waals surface area contributed by atoms with Crippen molar-refractivity contribution in [2.24, 2.45) is 23.7 Å². The maximum Gasteiger partial charge on any atom is 0.289 e. The van der Waals surface area contributed by atoms with Crippen molar-refractivity contribution in [2.75, 3.05) is 19.8 Å². The first kappa shape index (κ1) is 31.0. The molecule has 0 bridgehead atoms. The number of aliphatic hydroxyl groups excluding tert-OH is 1. The van der Waals surface area contributed by atoms with Gasteiger partial charge in [0, 0.05) is 25.1 Å². The quantitative estimate of drug-likeness (QED) is 0.259. The van der Waals surface area contributed by atoms with Crippen molar-refractivity contribution in [3.63, 3.8) is 0 Å². The summed E-state index contributed by atoms with van der Waals surface area (Å²) in [6, 6.07) is -2.77. The van der Waals surface area contributed by atoms with E-state index in [4.69, 9.17) is 4.74 Å². The number of carbonyl (C=O) groups is 5. The Kier molecular flexibility index (Phi) is 10.9. The topological polar surface area (TPSA) is 154 Å². The summed E-state index contributed by atoms with van der Waals surface area (Å²) in [5.74, 6) is -3.77. The van der Waals surface area contributed by atoms with Crippen molar-refractivity contribution in [1.82, 2.24) is 20.9 Å². The van der Waals surface area contributed by atoms with Crippen molar-refractivity contribution in [2.45, 2.75) is 103 Å². The Labute approximate surface area is 231 Å². The first-order valence-corrected chi connectivity index (χ1v) is 14.5. The van der Waals surface area contributed by atoms with Gasteiger partial charge in [-0.1, -0.05) is 41.0 Å². The van der Waals surface area contributed by atoms with Gasteiger partial charge in [-0.2, -0.15) is 0 Å². The monoisotopic (exact) mass is 550 g/mol. The van der Waals surface area contributed by atoms with Gasteiger partial charge in [0.05, 0.1) is 12.6 Å². The average Bonchev–Trinajstić information content (AvgIpc) is 3.67. The Balaban J connectivity index is 1.84. The average molecular weight is 551 g/mol. The standard InChI is InChI=1S/C28H46N4O7/c1-6-8-20(24(34)27(37)29-18-10-11-18)30-25(35)22-19-9-7-12-39-14-17(19)13-32(22)28(38)21(15(2)3)31-26(36)23(33)16(4)5/h15-23,33H,6-14H2,1-5H3,(H,29,37)(H,30,35)(H,31,36)/t17-,19+,20?,21+,22+,23+/m1/s1. The Morgan fingerprint density at radius 3 is 2.28 bits per heavy atom. The molecule has 11 heteroatoms. The van der Waals surface area contributed by atoms with Crippen molar-refractivity contribution in [1.29, 1.82) is 0 Å². The van der Waals surface area contributed by atoms with Gasteiger partial charge in [0.25, 0.3) is 5.91 Å². The molecular weight excluding hydrogens is 504 g/mol. The fourth-order valence-electron chi connectivity index (χ4n) is 5.47. The molecule has 11 nitrogen and oxygen atoms in total. The highest BCUT2D eigenvalue weighted by Gasteiger charge is 2.50. The minimum atomic E-state index is -1.26. The number of amides is 4. The summed E-state index contributed by atoms with van der Waals surface area (Å²) in [6.07, 6.45) is 2.72. The van der Waals surface area contributed by atoms with Gasteiger partial charge in [-0.25, -0.2) is 0 Å². The second kappa shape index (κ2) is 13.7. The van der Waals surface area contributed by atoms with Crippen LogP contribution in [0.3, 0.4) is 0 Å². The summed E-state index contributed by atoms with van der Waals surface area (Å²) in [4.78, 5) is 67.3. The van der Waals surface area contributed by atoms with E-state index >= 15 is 0 Å². The molecule has 1 aliphatic carbocycles. The molecule has 2 aliphatic heterocycles. The fraction of sp³-hybridized carbons (Fsp3) is 0.821. The van der Waals surface area contributed by atoms with Crippen LogP contribution in [0, 0.1) is 23.7 Å². The summed E-state index contributed by atoms with van der Waals surface area (Å²) < 4.78 is 5.75. The Morgan fingerprint density at radius 1 is 1.00 bits per heavy atom. The number of ketones is 1. The van der Waals surface area contributed by atoms with E-state index in [1.54, 1.807) is 27.7 Å². The van der Waals surface area contributed by atoms with E-state index in [0.29, 0.717) is 32.5 Å². The number of Topliss-reactive ketones (excluding diaryl/α,β-unsaturated/α-hetero) is 1. The number of rotatable bonds is 12. The van der Waals surface area contributed by atoms with Gasteiger partial charge in [-0.05, 0) is 49.9 Å². The molecule has 0 radical (unpaired) electrons. The molecule has 2 saturated heterocycles. The predicted octanol–water partition coefficient (Wildman–Crippen LogP) is 0.530. The van der Waals surface area contributed by atoms with Gasteiger partial charge in [-0.15, -0.1) is 0 Å². The van der Waals surface area contributed by atoms with E-state index in [2.05, 4.69) is 16.0 Å². The van der Waals surface area contributed by atoms with Crippen LogP contribution >= 0.6 is 0 Å². The molecule has 3 rings (SSSR count). The van der Waals surface area contributed by atoms with E-state index in [1.807, 2.05) is 6.92 Å². The zero-order chi connectivity index (χ0) is 28.9. The lowest BCUT2D eigenvalue weighted by Gasteiger charge is -2.33. The van der Waals surface area contributed by atoms with Gasteiger partial charge >= 0.3 is 0 Å². The third kappa shape index (κ3) is 7.78. The SMILES string of the molecule is CCCC(NC(=O)[C@@H]1[C@H]2CCCOC[C@H]2CN1C(=O)[C@@H](NC(=O)[C@@H](O)C(C)C)C(C)C)C(=O)C(=O)NC1CC1. The summed E-state index contributed by atoms with van der Waals surface area (Å²) in [5.41, 5.74) is 0. The minimum absolute atomic E-state index is 0.0199. The van der Waals surface area contributed by atoms with Crippen LogP contribution in [0.15, 0.2) is 0 Å². The maximum absolute atomic E-state index is 13.9. The molecule has 39 heavy (non-hydrogen) atoms. The molecule has 0 aromatic heterocycles. The highest BCUT2D eigenvalue weighted by Crippen LogP contribution is 2.36. The van der Waals surface area contributed by atoms with Gasteiger partial charge in [0.15, 0.2) is 0 Å². The van der Waals surface area contributed by atoms with Crippen LogP contribution in [-0.2, 0) is 28.7 Å². The molecule has 220 valence electrons. The van der Waals surface area contributed by atoms with Gasteiger partial charge in [0.2, 0.25) is 23.5 Å². The molecule has 4 N–H and O–H groups in total. The van der Waals surface area contributed by atoms with Crippen LogP contribution in [0.5, 0.6) is 0 Å². The lowest BCUT2D eigenvalue weighted by Crippen LogP contribution is -2.59. The second-order valence-electron chi connectivity index (χ2n) is 12.0. The number of aliphatic hydroxyl groups is 1. The fourth-order valence-corrected chi connectivity index (χ4v) is 5.47. The predicted molar refractivity (Wildman–Crippen MR) is 143 cm³/mol. The summed E-state index contributed by atoms with van der Waals surface area (Å²) in [5, 5.41) is 18.4. The summed E-state index contributed by atoms with van der Waals surface area (Å²) in [7, 11) is 0. The molecule has 1 unspecified atom stereocenters. The molecule has 4 amide bonds. The van der Waals surface area contributed by atoms with Crippen LogP contribution < -0.4 is 16.0 Å². The third-order valence-electron chi connectivity index (χ3n) is 7.97. The molecule has 1 saturated carbocycles. The molecular formula is C28H46N4O7. The van der Waals surface area contributed by atoms with Crippen molar-refractivity contribution < 1.29 is 33.8 Å². The third-order valence-corrected chi connectivity index (χ3v) is 7.97. The number of hydrogen-bond acceptors (Lipinski definition) is 7. The van der Waals surface area contributed by atoms with Crippen molar-refractivity contribution in [3.05, 3.63) is 0 Å². The van der Waals surface area contributed by atoms with Gasteiger partial charge in [0.1, 0.15) is 18.2 Å². The molecule has 3 aliphatic rings. The zero-order valence-electron chi connectivity index (χ0n) is 23.9. The highest BCUT2D eigenvalue weighted by molar-refractivity contribution is 6.38. The van der Waals surface area contributed by atoms with Crippen LogP contribution in [0.4, 0.5) is 0 Å². The number of hydrogen-bond donors (Lipinski definition) is 4. The van der Waals surface area contributed by atoms with Crippen LogP contribution in [0.1, 0.15) is 73.1 Å². The first-order chi connectivity index (χ1) is 18.5. The minimum Gasteiger partial charge on any atom is -0.383 e. The highest BCUT2D eigenvalue weighted by atomic mass is 16.5. The number of ether oxygens (including phenoxy) is 1. The Bertz CT molecular complexity index is 920. The second-order valence-corrected chi connectivity index (χ2v) is 12.0. The van der Waals surface area contributed by atoms with Crippen molar-refractivity contribution >= 4 is 29.4 Å². The first-order valence-electron chi connectivity index (χ1n) is 14.5. The van der Waals surface area contributed by atoms with Gasteiger partial charge < -0.3 is 30.7 Å². The van der Waals surface area contributed by atoms with E-state index < -0.39 is 53.6 Å². The Morgan fingerprint density at radius 2 is 1.69 bits per heavy atom. The maximum atomic E-state index is 13.9. The largest absolute Gasteiger partial charge is 0.383 e. The van der Waals surface area contributed by atoms with E-state index in [0.717, 1.165) is 19.3 Å². The molecule has 0 spiro atoms. The lowest BCUT2D eigenvalue weighted by atomic mass is 9.87. The number of likely N-dealkylation sites (tertiary alicyclic amines) is 1. The number of carbonyl (C=O) groups excluding carboxylic acids is 5. The smallest absolute Gasteiger partial charge is 0.289 e.